The first-order chi connectivity index (χ1) is 9.14. The Hall–Kier alpha value is -0.470. The summed E-state index contributed by atoms with van der Waals surface area (Å²) in [5.74, 6) is 2.42. The van der Waals surface area contributed by atoms with Crippen molar-refractivity contribution >= 4 is 11.8 Å². The predicted molar refractivity (Wildman–Crippen MR) is 84.5 cm³/mol. The number of thioether (sulfide) groups is 1. The van der Waals surface area contributed by atoms with Crippen LogP contribution in [0.5, 0.6) is 0 Å². The highest BCUT2D eigenvalue weighted by atomic mass is 32.2. The van der Waals surface area contributed by atoms with E-state index in [0.717, 1.165) is 0 Å². The van der Waals surface area contributed by atoms with E-state index in [0.29, 0.717) is 17.5 Å². The van der Waals surface area contributed by atoms with Gasteiger partial charge in [0.25, 0.3) is 0 Å². The van der Waals surface area contributed by atoms with Crippen molar-refractivity contribution in [3.8, 4) is 0 Å². The SMILES string of the molecule is CC1(C)CCCC(NC2CSCc3ccccc32)C1. The molecule has 1 aliphatic heterocycles. The smallest absolute Gasteiger partial charge is 0.0417 e. The fourth-order valence-electron chi connectivity index (χ4n) is 3.64. The minimum absolute atomic E-state index is 0.525. The van der Waals surface area contributed by atoms with Gasteiger partial charge in [-0.15, -0.1) is 0 Å². The van der Waals surface area contributed by atoms with Gasteiger partial charge in [0.2, 0.25) is 0 Å². The number of benzene rings is 1. The Balaban J connectivity index is 1.71. The Morgan fingerprint density at radius 1 is 1.26 bits per heavy atom. The van der Waals surface area contributed by atoms with Gasteiger partial charge in [-0.2, -0.15) is 11.8 Å². The summed E-state index contributed by atoms with van der Waals surface area (Å²) in [6.45, 7) is 4.84. The van der Waals surface area contributed by atoms with Gasteiger partial charge in [-0.1, -0.05) is 44.5 Å². The molecule has 0 radical (unpaired) electrons. The molecule has 1 saturated carbocycles. The van der Waals surface area contributed by atoms with Gasteiger partial charge >= 0.3 is 0 Å². The quantitative estimate of drug-likeness (QED) is 0.851. The van der Waals surface area contributed by atoms with Crippen LogP contribution >= 0.6 is 11.8 Å². The van der Waals surface area contributed by atoms with Gasteiger partial charge in [0.15, 0.2) is 0 Å². The monoisotopic (exact) mass is 275 g/mol. The molecule has 2 heteroatoms. The highest BCUT2D eigenvalue weighted by Gasteiger charge is 2.30. The lowest BCUT2D eigenvalue weighted by Gasteiger charge is -2.38. The van der Waals surface area contributed by atoms with E-state index in [9.17, 15) is 0 Å². The Morgan fingerprint density at radius 3 is 2.95 bits per heavy atom. The summed E-state index contributed by atoms with van der Waals surface area (Å²) in [5.41, 5.74) is 3.60. The maximum Gasteiger partial charge on any atom is 0.0417 e. The molecule has 104 valence electrons. The molecule has 1 fully saturated rings. The standard InChI is InChI=1S/C17H25NS/c1-17(2)9-5-7-14(10-17)18-16-12-19-11-13-6-3-4-8-15(13)16/h3-4,6,8,14,16,18H,5,7,9-12H2,1-2H3. The highest BCUT2D eigenvalue weighted by molar-refractivity contribution is 7.98. The van der Waals surface area contributed by atoms with Gasteiger partial charge in [0.1, 0.15) is 0 Å². The van der Waals surface area contributed by atoms with E-state index >= 15 is 0 Å². The molecule has 1 aromatic rings. The summed E-state index contributed by atoms with van der Waals surface area (Å²) in [6, 6.07) is 10.2. The second-order valence-corrected chi connectivity index (χ2v) is 7.92. The molecular formula is C17H25NS. The predicted octanol–water partition coefficient (Wildman–Crippen LogP) is 4.53. The molecule has 2 atom stereocenters. The van der Waals surface area contributed by atoms with E-state index in [1.807, 2.05) is 0 Å². The first kappa shape index (κ1) is 13.5. The zero-order valence-corrected chi connectivity index (χ0v) is 12.9. The van der Waals surface area contributed by atoms with E-state index in [1.54, 1.807) is 5.56 Å². The Bertz CT molecular complexity index is 441. The van der Waals surface area contributed by atoms with E-state index in [2.05, 4.69) is 55.2 Å². The third kappa shape index (κ3) is 3.17. The van der Waals surface area contributed by atoms with Crippen molar-refractivity contribution in [2.75, 3.05) is 5.75 Å². The molecule has 0 aromatic heterocycles. The summed E-state index contributed by atoms with van der Waals surface area (Å²) >= 11 is 2.07. The van der Waals surface area contributed by atoms with Gasteiger partial charge < -0.3 is 5.32 Å². The molecule has 0 saturated heterocycles. The minimum Gasteiger partial charge on any atom is -0.306 e. The Kier molecular flexibility index (Phi) is 3.91. The molecule has 1 heterocycles. The fourth-order valence-corrected chi connectivity index (χ4v) is 4.76. The largest absolute Gasteiger partial charge is 0.306 e. The number of rotatable bonds is 2. The van der Waals surface area contributed by atoms with Crippen LogP contribution in [-0.2, 0) is 5.75 Å². The van der Waals surface area contributed by atoms with Gasteiger partial charge in [-0.25, -0.2) is 0 Å². The van der Waals surface area contributed by atoms with Crippen molar-refractivity contribution in [3.05, 3.63) is 35.4 Å². The molecule has 19 heavy (non-hydrogen) atoms. The van der Waals surface area contributed by atoms with Crippen LogP contribution in [0.25, 0.3) is 0 Å². The van der Waals surface area contributed by atoms with Crippen molar-refractivity contribution in [1.29, 1.82) is 0 Å². The summed E-state index contributed by atoms with van der Waals surface area (Å²) in [4.78, 5) is 0. The first-order valence-electron chi connectivity index (χ1n) is 7.56. The lowest BCUT2D eigenvalue weighted by molar-refractivity contribution is 0.191. The number of hydrogen-bond acceptors (Lipinski definition) is 2. The van der Waals surface area contributed by atoms with Crippen molar-refractivity contribution < 1.29 is 0 Å². The van der Waals surface area contributed by atoms with Crippen LogP contribution in [0.3, 0.4) is 0 Å². The molecule has 0 spiro atoms. The van der Waals surface area contributed by atoms with E-state index in [1.165, 1.54) is 42.8 Å². The fraction of sp³-hybridized carbons (Fsp3) is 0.647. The summed E-state index contributed by atoms with van der Waals surface area (Å²) in [7, 11) is 0. The zero-order chi connectivity index (χ0) is 13.3. The van der Waals surface area contributed by atoms with Crippen molar-refractivity contribution in [1.82, 2.24) is 5.32 Å². The zero-order valence-electron chi connectivity index (χ0n) is 12.1. The first-order valence-corrected chi connectivity index (χ1v) is 8.71. The van der Waals surface area contributed by atoms with Crippen molar-refractivity contribution in [3.63, 3.8) is 0 Å². The third-order valence-corrected chi connectivity index (χ3v) is 5.70. The molecule has 2 unspecified atom stereocenters. The second kappa shape index (κ2) is 5.49. The number of hydrogen-bond donors (Lipinski definition) is 1. The normalized spacial score (nSPS) is 29.8. The molecule has 1 aromatic carbocycles. The lowest BCUT2D eigenvalue weighted by atomic mass is 9.75. The summed E-state index contributed by atoms with van der Waals surface area (Å²) in [6.07, 6.45) is 5.45. The summed E-state index contributed by atoms with van der Waals surface area (Å²) < 4.78 is 0. The third-order valence-electron chi connectivity index (χ3n) is 4.61. The average Bonchev–Trinajstić information content (AvgIpc) is 2.38. The van der Waals surface area contributed by atoms with Gasteiger partial charge in [-0.3, -0.25) is 0 Å². The molecule has 1 aliphatic carbocycles. The maximum absolute atomic E-state index is 3.95. The van der Waals surface area contributed by atoms with Crippen LogP contribution in [-0.4, -0.2) is 11.8 Å². The van der Waals surface area contributed by atoms with Crippen LogP contribution in [0.4, 0.5) is 0 Å². The van der Waals surface area contributed by atoms with Crippen molar-refractivity contribution in [2.24, 2.45) is 5.41 Å². The molecule has 3 rings (SSSR count). The molecule has 0 amide bonds. The van der Waals surface area contributed by atoms with Gasteiger partial charge in [0, 0.05) is 23.6 Å². The Labute approximate surface area is 121 Å². The molecular weight excluding hydrogens is 250 g/mol. The molecule has 1 nitrogen and oxygen atoms in total. The van der Waals surface area contributed by atoms with E-state index in [4.69, 9.17) is 0 Å². The van der Waals surface area contributed by atoms with Crippen molar-refractivity contribution in [2.45, 2.75) is 57.4 Å². The lowest BCUT2D eigenvalue weighted by Crippen LogP contribution is -2.41. The second-order valence-electron chi connectivity index (χ2n) is 6.89. The van der Waals surface area contributed by atoms with Crippen LogP contribution in [0, 0.1) is 5.41 Å². The van der Waals surface area contributed by atoms with E-state index in [-0.39, 0.29) is 0 Å². The molecule has 1 N–H and O–H groups in total. The number of nitrogens with one attached hydrogen (secondary N) is 1. The summed E-state index contributed by atoms with van der Waals surface area (Å²) in [5, 5.41) is 3.95. The average molecular weight is 275 g/mol. The number of fused-ring (bicyclic) bond motifs is 1. The van der Waals surface area contributed by atoms with Crippen LogP contribution < -0.4 is 5.32 Å². The van der Waals surface area contributed by atoms with Crippen LogP contribution in [0.15, 0.2) is 24.3 Å². The molecule has 2 aliphatic rings. The Morgan fingerprint density at radius 2 is 2.11 bits per heavy atom. The van der Waals surface area contributed by atoms with Crippen LogP contribution in [0.1, 0.15) is 56.7 Å². The molecule has 0 bridgehead atoms. The minimum atomic E-state index is 0.525. The highest BCUT2D eigenvalue weighted by Crippen LogP contribution is 2.37. The topological polar surface area (TPSA) is 12.0 Å². The van der Waals surface area contributed by atoms with E-state index < -0.39 is 0 Å². The maximum atomic E-state index is 3.95. The van der Waals surface area contributed by atoms with Gasteiger partial charge in [-0.05, 0) is 35.8 Å². The van der Waals surface area contributed by atoms with Crippen LogP contribution in [0.2, 0.25) is 0 Å². The van der Waals surface area contributed by atoms with Gasteiger partial charge in [0.05, 0.1) is 0 Å².